The summed E-state index contributed by atoms with van der Waals surface area (Å²) < 4.78 is 0. The van der Waals surface area contributed by atoms with Gasteiger partial charge in [-0.2, -0.15) is 0 Å². The van der Waals surface area contributed by atoms with Crippen LogP contribution in [0.5, 0.6) is 0 Å². The molecule has 3 heteroatoms. The van der Waals surface area contributed by atoms with E-state index in [0.717, 1.165) is 18.4 Å². The first-order chi connectivity index (χ1) is 12.6. The molecule has 2 aliphatic carbocycles. The number of hydrogen-bond acceptors (Lipinski definition) is 3. The molecule has 0 heterocycles. The molecule has 4 rings (SSSR count). The van der Waals surface area contributed by atoms with Crippen molar-refractivity contribution in [1.29, 1.82) is 0 Å². The standard InChI is InChI=1S/C23H24O3/c24-20-12-7-13-22(20)14-15-23(26,18-10-5-2-6-11-18)19(16-22)21(25)17-8-3-1-4-9-17/h1-6,8-11,19,26H,7,12-16H2/t19-,22-,23+/m1/s1. The van der Waals surface area contributed by atoms with E-state index in [9.17, 15) is 14.7 Å². The Morgan fingerprint density at radius 3 is 2.19 bits per heavy atom. The highest BCUT2D eigenvalue weighted by molar-refractivity contribution is 5.99. The van der Waals surface area contributed by atoms with Crippen molar-refractivity contribution in [3.8, 4) is 0 Å². The lowest BCUT2D eigenvalue weighted by Gasteiger charge is -2.46. The van der Waals surface area contributed by atoms with Crippen LogP contribution < -0.4 is 0 Å². The lowest BCUT2D eigenvalue weighted by atomic mass is 9.58. The van der Waals surface area contributed by atoms with Crippen LogP contribution in [0.4, 0.5) is 0 Å². The molecule has 0 aliphatic heterocycles. The highest BCUT2D eigenvalue weighted by Crippen LogP contribution is 2.55. The maximum absolute atomic E-state index is 13.4. The molecule has 0 radical (unpaired) electrons. The van der Waals surface area contributed by atoms with Gasteiger partial charge in [0.25, 0.3) is 0 Å². The zero-order chi connectivity index (χ0) is 18.2. The Kier molecular flexibility index (Phi) is 4.28. The van der Waals surface area contributed by atoms with Crippen molar-refractivity contribution < 1.29 is 14.7 Å². The van der Waals surface area contributed by atoms with E-state index < -0.39 is 16.9 Å². The molecule has 2 aromatic carbocycles. The van der Waals surface area contributed by atoms with Crippen molar-refractivity contribution in [2.45, 2.75) is 44.1 Å². The van der Waals surface area contributed by atoms with Crippen molar-refractivity contribution in [3.63, 3.8) is 0 Å². The van der Waals surface area contributed by atoms with Gasteiger partial charge in [0.1, 0.15) is 5.78 Å². The van der Waals surface area contributed by atoms with Crippen molar-refractivity contribution in [2.75, 3.05) is 0 Å². The summed E-state index contributed by atoms with van der Waals surface area (Å²) in [6, 6.07) is 18.6. The number of rotatable bonds is 3. The second kappa shape index (κ2) is 6.48. The number of ketones is 2. The summed E-state index contributed by atoms with van der Waals surface area (Å²) in [7, 11) is 0. The molecule has 1 spiro atoms. The monoisotopic (exact) mass is 348 g/mol. The highest BCUT2D eigenvalue weighted by atomic mass is 16.3. The maximum atomic E-state index is 13.4. The first-order valence-corrected chi connectivity index (χ1v) is 9.46. The molecule has 2 fully saturated rings. The Hall–Kier alpha value is -2.26. The van der Waals surface area contributed by atoms with E-state index in [-0.39, 0.29) is 11.6 Å². The average molecular weight is 348 g/mol. The van der Waals surface area contributed by atoms with Crippen molar-refractivity contribution in [2.24, 2.45) is 11.3 Å². The fourth-order valence-corrected chi connectivity index (χ4v) is 4.92. The quantitative estimate of drug-likeness (QED) is 0.842. The minimum atomic E-state index is -1.22. The second-order valence-corrected chi connectivity index (χ2v) is 7.83. The zero-order valence-electron chi connectivity index (χ0n) is 14.9. The summed E-state index contributed by atoms with van der Waals surface area (Å²) in [4.78, 5) is 26.0. The molecule has 0 unspecified atom stereocenters. The van der Waals surface area contributed by atoms with Gasteiger partial charge >= 0.3 is 0 Å². The van der Waals surface area contributed by atoms with Crippen LogP contribution in [-0.4, -0.2) is 16.7 Å². The van der Waals surface area contributed by atoms with Gasteiger partial charge in [-0.05, 0) is 37.7 Å². The first-order valence-electron chi connectivity index (χ1n) is 9.46. The minimum absolute atomic E-state index is 0.0595. The van der Waals surface area contributed by atoms with Crippen LogP contribution in [0.1, 0.15) is 54.4 Å². The Morgan fingerprint density at radius 1 is 0.923 bits per heavy atom. The van der Waals surface area contributed by atoms with Gasteiger partial charge in [0, 0.05) is 17.4 Å². The number of benzene rings is 2. The molecule has 2 aliphatic rings. The molecule has 134 valence electrons. The number of aliphatic hydroxyl groups is 1. The van der Waals surface area contributed by atoms with Crippen LogP contribution in [0.15, 0.2) is 60.7 Å². The van der Waals surface area contributed by atoms with Crippen molar-refractivity contribution in [1.82, 2.24) is 0 Å². The summed E-state index contributed by atoms with van der Waals surface area (Å²) in [6.07, 6.45) is 3.91. The predicted molar refractivity (Wildman–Crippen MR) is 99.7 cm³/mol. The lowest BCUT2D eigenvalue weighted by Crippen LogP contribution is -2.49. The largest absolute Gasteiger partial charge is 0.384 e. The van der Waals surface area contributed by atoms with Crippen LogP contribution in [0.25, 0.3) is 0 Å². The molecule has 0 aromatic heterocycles. The Bertz CT molecular complexity index is 814. The Balaban J connectivity index is 1.76. The molecule has 2 saturated carbocycles. The summed E-state index contributed by atoms with van der Waals surface area (Å²) in [5.41, 5.74) is -0.262. The van der Waals surface area contributed by atoms with Gasteiger partial charge in [-0.1, -0.05) is 60.7 Å². The molecule has 3 nitrogen and oxygen atoms in total. The molecule has 3 atom stereocenters. The van der Waals surface area contributed by atoms with E-state index in [1.165, 1.54) is 0 Å². The molecule has 1 N–H and O–H groups in total. The van der Waals surface area contributed by atoms with Gasteiger partial charge in [0.15, 0.2) is 5.78 Å². The fourth-order valence-electron chi connectivity index (χ4n) is 4.92. The van der Waals surface area contributed by atoms with Crippen LogP contribution in [-0.2, 0) is 10.4 Å². The van der Waals surface area contributed by atoms with E-state index in [1.54, 1.807) is 12.1 Å². The van der Waals surface area contributed by atoms with Gasteiger partial charge in [0.2, 0.25) is 0 Å². The van der Waals surface area contributed by atoms with Gasteiger partial charge in [0.05, 0.1) is 11.5 Å². The van der Waals surface area contributed by atoms with Crippen LogP contribution in [0.3, 0.4) is 0 Å². The van der Waals surface area contributed by atoms with E-state index in [4.69, 9.17) is 0 Å². The Labute approximate surface area is 154 Å². The third-order valence-electron chi connectivity index (χ3n) is 6.46. The number of Topliss-reactive ketones (excluding diaryl/α,β-unsaturated/α-hetero) is 2. The van der Waals surface area contributed by atoms with Crippen LogP contribution in [0.2, 0.25) is 0 Å². The Morgan fingerprint density at radius 2 is 1.58 bits per heavy atom. The minimum Gasteiger partial charge on any atom is -0.384 e. The predicted octanol–water partition coefficient (Wildman–Crippen LogP) is 4.30. The summed E-state index contributed by atoms with van der Waals surface area (Å²) in [5.74, 6) is -0.377. The van der Waals surface area contributed by atoms with Crippen LogP contribution >= 0.6 is 0 Å². The van der Waals surface area contributed by atoms with Gasteiger partial charge < -0.3 is 5.11 Å². The third-order valence-corrected chi connectivity index (χ3v) is 6.46. The lowest BCUT2D eigenvalue weighted by molar-refractivity contribution is -0.134. The molecule has 0 bridgehead atoms. The van der Waals surface area contributed by atoms with E-state index in [1.807, 2.05) is 48.5 Å². The number of carbonyl (C=O) groups excluding carboxylic acids is 2. The van der Waals surface area contributed by atoms with E-state index >= 15 is 0 Å². The van der Waals surface area contributed by atoms with Crippen molar-refractivity contribution in [3.05, 3.63) is 71.8 Å². The van der Waals surface area contributed by atoms with E-state index in [2.05, 4.69) is 0 Å². The molecule has 26 heavy (non-hydrogen) atoms. The van der Waals surface area contributed by atoms with E-state index in [0.29, 0.717) is 31.2 Å². The van der Waals surface area contributed by atoms with Crippen molar-refractivity contribution >= 4 is 11.6 Å². The average Bonchev–Trinajstić information content (AvgIpc) is 3.05. The molecular formula is C23H24O3. The second-order valence-electron chi connectivity index (χ2n) is 7.83. The smallest absolute Gasteiger partial charge is 0.169 e. The third kappa shape index (κ3) is 2.71. The van der Waals surface area contributed by atoms with Gasteiger partial charge in [-0.15, -0.1) is 0 Å². The normalized spacial score (nSPS) is 31.3. The number of carbonyl (C=O) groups is 2. The van der Waals surface area contributed by atoms with Gasteiger partial charge in [-0.25, -0.2) is 0 Å². The first kappa shape index (κ1) is 17.2. The topological polar surface area (TPSA) is 54.4 Å². The summed E-state index contributed by atoms with van der Waals surface area (Å²) >= 11 is 0. The molecule has 0 saturated heterocycles. The molecular weight excluding hydrogens is 324 g/mol. The molecule has 2 aromatic rings. The maximum Gasteiger partial charge on any atom is 0.169 e. The highest BCUT2D eigenvalue weighted by Gasteiger charge is 2.55. The van der Waals surface area contributed by atoms with Crippen LogP contribution in [0, 0.1) is 11.3 Å². The SMILES string of the molecule is O=C(c1ccccc1)[C@H]1C[C@@]2(CCCC2=O)CC[C@]1(O)c1ccccc1. The zero-order valence-corrected chi connectivity index (χ0v) is 14.9. The number of hydrogen-bond donors (Lipinski definition) is 1. The summed E-state index contributed by atoms with van der Waals surface area (Å²) in [5, 5.41) is 11.6. The van der Waals surface area contributed by atoms with Gasteiger partial charge in [-0.3, -0.25) is 9.59 Å². The fraction of sp³-hybridized carbons (Fsp3) is 0.391. The summed E-state index contributed by atoms with van der Waals surface area (Å²) in [6.45, 7) is 0. The molecule has 0 amide bonds.